The number of carboxylic acid groups (broad SMARTS) is 1. The summed E-state index contributed by atoms with van der Waals surface area (Å²) in [6.07, 6.45) is -1.39. The van der Waals surface area contributed by atoms with Crippen LogP contribution in [0.15, 0.2) is 0 Å². The molecule has 16 heavy (non-hydrogen) atoms. The molecule has 2 N–H and O–H groups in total. The van der Waals surface area contributed by atoms with Crippen LogP contribution in [0.1, 0.15) is 20.8 Å². The van der Waals surface area contributed by atoms with Crippen LogP contribution in [-0.4, -0.2) is 46.3 Å². The lowest BCUT2D eigenvalue weighted by molar-refractivity contribution is -0.156. The molecular weight excluding hydrogens is 216 g/mol. The minimum absolute atomic E-state index is 0.219. The van der Waals surface area contributed by atoms with Gasteiger partial charge in [0.05, 0.1) is 6.54 Å². The van der Waals surface area contributed by atoms with Crippen molar-refractivity contribution in [3.8, 4) is 0 Å². The Balaban J connectivity index is 2.62. The van der Waals surface area contributed by atoms with E-state index >= 15 is 0 Å². The van der Waals surface area contributed by atoms with Crippen molar-refractivity contribution in [2.45, 2.75) is 32.4 Å². The van der Waals surface area contributed by atoms with Gasteiger partial charge in [-0.05, 0) is 20.8 Å². The van der Waals surface area contributed by atoms with E-state index in [0.29, 0.717) is 4.90 Å². The predicted molar refractivity (Wildman–Crippen MR) is 52.9 cm³/mol. The fourth-order valence-electron chi connectivity index (χ4n) is 1.21. The first-order valence-electron chi connectivity index (χ1n) is 4.74. The maximum absolute atomic E-state index is 11.5. The number of nitrogens with one attached hydrogen (secondary N) is 1. The van der Waals surface area contributed by atoms with Crippen LogP contribution in [-0.2, 0) is 9.53 Å². The average Bonchev–Trinajstić information content (AvgIpc) is 2.44. The lowest BCUT2D eigenvalue weighted by atomic mass is 10.2. The number of nitrogens with zero attached hydrogens (tertiary/aromatic N) is 1. The zero-order valence-electron chi connectivity index (χ0n) is 9.31. The Morgan fingerprint density at radius 2 is 2.06 bits per heavy atom. The van der Waals surface area contributed by atoms with Crippen LogP contribution in [0, 0.1) is 0 Å². The van der Waals surface area contributed by atoms with Crippen LogP contribution in [0.25, 0.3) is 0 Å². The van der Waals surface area contributed by atoms with Gasteiger partial charge in [0.15, 0.2) is 0 Å². The third kappa shape index (κ3) is 2.85. The van der Waals surface area contributed by atoms with E-state index in [4.69, 9.17) is 9.84 Å². The molecule has 1 unspecified atom stereocenters. The molecule has 0 bridgehead atoms. The number of hydrogen-bond acceptors (Lipinski definition) is 4. The van der Waals surface area contributed by atoms with Crippen molar-refractivity contribution in [2.75, 3.05) is 6.54 Å². The van der Waals surface area contributed by atoms with Gasteiger partial charge in [0, 0.05) is 0 Å². The zero-order valence-corrected chi connectivity index (χ0v) is 9.31. The van der Waals surface area contributed by atoms with Gasteiger partial charge in [0.2, 0.25) is 0 Å². The van der Waals surface area contributed by atoms with Crippen molar-refractivity contribution in [2.24, 2.45) is 0 Å². The van der Waals surface area contributed by atoms with Gasteiger partial charge in [-0.3, -0.25) is 0 Å². The maximum atomic E-state index is 11.5. The molecule has 0 spiro atoms. The van der Waals surface area contributed by atoms with E-state index < -0.39 is 29.7 Å². The van der Waals surface area contributed by atoms with Crippen LogP contribution in [0.4, 0.5) is 9.59 Å². The van der Waals surface area contributed by atoms with Gasteiger partial charge >= 0.3 is 18.1 Å². The number of esters is 1. The number of carbonyl (C=O) groups is 3. The molecule has 1 rings (SSSR count). The molecule has 1 atom stereocenters. The summed E-state index contributed by atoms with van der Waals surface area (Å²) in [5.74, 6) is -0.635. The predicted octanol–water partition coefficient (Wildman–Crippen LogP) is 0.400. The van der Waals surface area contributed by atoms with E-state index in [9.17, 15) is 14.4 Å². The molecule has 0 aromatic carbocycles. The van der Waals surface area contributed by atoms with E-state index in [1.165, 1.54) is 0 Å². The second kappa shape index (κ2) is 3.99. The molecule has 7 nitrogen and oxygen atoms in total. The van der Waals surface area contributed by atoms with Crippen LogP contribution in [0.5, 0.6) is 0 Å². The Morgan fingerprint density at radius 1 is 1.50 bits per heavy atom. The molecule has 0 aromatic heterocycles. The summed E-state index contributed by atoms with van der Waals surface area (Å²) in [6.45, 7) is 4.85. The van der Waals surface area contributed by atoms with E-state index in [-0.39, 0.29) is 6.54 Å². The molecular formula is C9H14N2O5. The number of imide groups is 1. The highest BCUT2D eigenvalue weighted by atomic mass is 16.6. The van der Waals surface area contributed by atoms with Gasteiger partial charge in [0.25, 0.3) is 0 Å². The summed E-state index contributed by atoms with van der Waals surface area (Å²) in [4.78, 5) is 33.8. The van der Waals surface area contributed by atoms with Gasteiger partial charge < -0.3 is 15.2 Å². The molecule has 0 aliphatic carbocycles. The van der Waals surface area contributed by atoms with Crippen molar-refractivity contribution in [3.63, 3.8) is 0 Å². The van der Waals surface area contributed by atoms with Crippen molar-refractivity contribution in [1.29, 1.82) is 0 Å². The first kappa shape index (κ1) is 12.3. The largest absolute Gasteiger partial charge is 0.465 e. The summed E-state index contributed by atoms with van der Waals surface area (Å²) in [5.41, 5.74) is -0.668. The summed E-state index contributed by atoms with van der Waals surface area (Å²) < 4.78 is 5.02. The standard InChI is InChI=1S/C9H14N2O5/c1-9(2,3)16-6(12)5-4-11(8(14)15)7(13)10-5/h5H,4H2,1-3H3,(H,10,13)(H,14,15). The first-order chi connectivity index (χ1) is 7.20. The zero-order chi connectivity index (χ0) is 12.5. The van der Waals surface area contributed by atoms with E-state index in [0.717, 1.165) is 0 Å². The Kier molecular flexibility index (Phi) is 3.06. The topological polar surface area (TPSA) is 95.9 Å². The van der Waals surface area contributed by atoms with Gasteiger partial charge in [-0.1, -0.05) is 0 Å². The molecule has 7 heteroatoms. The van der Waals surface area contributed by atoms with Gasteiger partial charge in [-0.15, -0.1) is 0 Å². The SMILES string of the molecule is CC(C)(C)OC(=O)C1CN(C(=O)O)C(=O)N1. The molecule has 1 aliphatic heterocycles. The lowest BCUT2D eigenvalue weighted by Gasteiger charge is -2.21. The Hall–Kier alpha value is -1.79. The second-order valence-electron chi connectivity index (χ2n) is 4.43. The number of hydrogen-bond donors (Lipinski definition) is 2. The minimum Gasteiger partial charge on any atom is -0.465 e. The molecule has 1 aliphatic rings. The second-order valence-corrected chi connectivity index (χ2v) is 4.43. The molecule has 3 amide bonds. The maximum Gasteiger partial charge on any atom is 0.415 e. The molecule has 0 radical (unpaired) electrons. The van der Waals surface area contributed by atoms with E-state index in [2.05, 4.69) is 5.32 Å². The summed E-state index contributed by atoms with van der Waals surface area (Å²) in [7, 11) is 0. The van der Waals surface area contributed by atoms with E-state index in [1.807, 2.05) is 0 Å². The number of rotatable bonds is 1. The highest BCUT2D eigenvalue weighted by molar-refractivity contribution is 5.96. The molecule has 0 aromatic rings. The molecule has 90 valence electrons. The molecule has 0 saturated carbocycles. The Labute approximate surface area is 92.4 Å². The number of amides is 3. The fourth-order valence-corrected chi connectivity index (χ4v) is 1.21. The van der Waals surface area contributed by atoms with Crippen LogP contribution < -0.4 is 5.32 Å². The Bertz CT molecular complexity index is 333. The molecule has 1 saturated heterocycles. The fraction of sp³-hybridized carbons (Fsp3) is 0.667. The third-order valence-electron chi connectivity index (χ3n) is 1.83. The van der Waals surface area contributed by atoms with Crippen molar-refractivity contribution >= 4 is 18.1 Å². The third-order valence-corrected chi connectivity index (χ3v) is 1.83. The van der Waals surface area contributed by atoms with Crippen LogP contribution in [0.2, 0.25) is 0 Å². The first-order valence-corrected chi connectivity index (χ1v) is 4.74. The summed E-state index contributed by atoms with van der Waals surface area (Å²) in [6, 6.07) is -1.73. The number of ether oxygens (including phenoxy) is 1. The quantitative estimate of drug-likeness (QED) is 0.635. The van der Waals surface area contributed by atoms with Crippen molar-refractivity contribution in [1.82, 2.24) is 10.2 Å². The van der Waals surface area contributed by atoms with Crippen LogP contribution >= 0.6 is 0 Å². The minimum atomic E-state index is -1.39. The number of urea groups is 1. The van der Waals surface area contributed by atoms with Crippen molar-refractivity contribution in [3.05, 3.63) is 0 Å². The van der Waals surface area contributed by atoms with Crippen molar-refractivity contribution < 1.29 is 24.2 Å². The molecule has 1 fully saturated rings. The van der Waals surface area contributed by atoms with Gasteiger partial charge in [-0.2, -0.15) is 0 Å². The Morgan fingerprint density at radius 3 is 2.44 bits per heavy atom. The average molecular weight is 230 g/mol. The summed E-state index contributed by atoms with van der Waals surface area (Å²) in [5, 5.41) is 10.9. The van der Waals surface area contributed by atoms with Gasteiger partial charge in [0.1, 0.15) is 11.6 Å². The number of carbonyl (C=O) groups excluding carboxylic acids is 2. The summed E-state index contributed by atoms with van der Waals surface area (Å²) >= 11 is 0. The lowest BCUT2D eigenvalue weighted by Crippen LogP contribution is -2.39. The highest BCUT2D eigenvalue weighted by Gasteiger charge is 2.39. The highest BCUT2D eigenvalue weighted by Crippen LogP contribution is 2.12. The smallest absolute Gasteiger partial charge is 0.415 e. The van der Waals surface area contributed by atoms with Crippen LogP contribution in [0.3, 0.4) is 0 Å². The normalized spacial score (nSPS) is 20.6. The molecule has 1 heterocycles. The van der Waals surface area contributed by atoms with Gasteiger partial charge in [-0.25, -0.2) is 19.3 Å². The van der Waals surface area contributed by atoms with E-state index in [1.54, 1.807) is 20.8 Å². The monoisotopic (exact) mass is 230 g/mol.